The van der Waals surface area contributed by atoms with E-state index in [-0.39, 0.29) is 5.75 Å². The number of para-hydroxylation sites is 1. The zero-order valence-corrected chi connectivity index (χ0v) is 12.8. The van der Waals surface area contributed by atoms with Crippen molar-refractivity contribution < 1.29 is 8.42 Å². The third-order valence-electron chi connectivity index (χ3n) is 3.36. The molecule has 2 aromatic rings. The Morgan fingerprint density at radius 1 is 1.25 bits per heavy atom. The number of rotatable bonds is 7. The predicted molar refractivity (Wildman–Crippen MR) is 83.2 cm³/mol. The highest BCUT2D eigenvalue weighted by atomic mass is 32.2. The molecule has 0 spiro atoms. The number of nitrogens with one attached hydrogen (secondary N) is 2. The first-order chi connectivity index (χ1) is 9.48. The fourth-order valence-electron chi connectivity index (χ4n) is 2.14. The van der Waals surface area contributed by atoms with Crippen molar-refractivity contribution >= 4 is 20.9 Å². The van der Waals surface area contributed by atoms with Crippen LogP contribution in [0.25, 0.3) is 10.9 Å². The van der Waals surface area contributed by atoms with Gasteiger partial charge in [0.2, 0.25) is 10.0 Å². The Kier molecular flexibility index (Phi) is 4.83. The van der Waals surface area contributed by atoms with Crippen molar-refractivity contribution in [3.63, 3.8) is 0 Å². The van der Waals surface area contributed by atoms with E-state index in [1.54, 1.807) is 0 Å². The molecule has 20 heavy (non-hydrogen) atoms. The lowest BCUT2D eigenvalue weighted by atomic mass is 10.1. The Hall–Kier alpha value is -1.33. The zero-order chi connectivity index (χ0) is 14.6. The number of aromatic amines is 1. The van der Waals surface area contributed by atoms with Gasteiger partial charge in [0.1, 0.15) is 0 Å². The molecule has 2 N–H and O–H groups in total. The van der Waals surface area contributed by atoms with Gasteiger partial charge in [-0.1, -0.05) is 32.0 Å². The minimum Gasteiger partial charge on any atom is -0.361 e. The molecule has 1 aromatic heterocycles. The van der Waals surface area contributed by atoms with Gasteiger partial charge < -0.3 is 4.98 Å². The lowest BCUT2D eigenvalue weighted by Gasteiger charge is -2.08. The van der Waals surface area contributed by atoms with Gasteiger partial charge in [-0.15, -0.1) is 0 Å². The maximum absolute atomic E-state index is 11.8. The molecule has 0 fully saturated rings. The Bertz CT molecular complexity index is 659. The molecule has 0 saturated heterocycles. The number of aromatic nitrogens is 1. The van der Waals surface area contributed by atoms with Crippen LogP contribution in [-0.4, -0.2) is 25.7 Å². The molecule has 0 aliphatic heterocycles. The molecule has 2 rings (SSSR count). The van der Waals surface area contributed by atoms with Crippen molar-refractivity contribution in [3.8, 4) is 0 Å². The summed E-state index contributed by atoms with van der Waals surface area (Å²) >= 11 is 0. The molecule has 0 amide bonds. The molecule has 0 aliphatic carbocycles. The first-order valence-corrected chi connectivity index (χ1v) is 8.65. The second-order valence-electron chi connectivity index (χ2n) is 5.51. The highest BCUT2D eigenvalue weighted by Gasteiger charge is 2.11. The van der Waals surface area contributed by atoms with Crippen LogP contribution in [0.15, 0.2) is 30.5 Å². The number of hydrogen-bond donors (Lipinski definition) is 2. The first-order valence-electron chi connectivity index (χ1n) is 7.00. The molecular formula is C15H22N2O2S. The van der Waals surface area contributed by atoms with E-state index < -0.39 is 10.0 Å². The molecule has 4 nitrogen and oxygen atoms in total. The van der Waals surface area contributed by atoms with E-state index in [1.807, 2.05) is 38.2 Å². The van der Waals surface area contributed by atoms with E-state index in [9.17, 15) is 8.42 Å². The Morgan fingerprint density at radius 3 is 2.75 bits per heavy atom. The summed E-state index contributed by atoms with van der Waals surface area (Å²) in [6.07, 6.45) is 3.35. The van der Waals surface area contributed by atoms with Gasteiger partial charge in [-0.05, 0) is 30.4 Å². The van der Waals surface area contributed by atoms with Gasteiger partial charge in [0.25, 0.3) is 0 Å². The molecule has 0 saturated carbocycles. The Balaban J connectivity index is 1.90. The van der Waals surface area contributed by atoms with Crippen LogP contribution in [0.3, 0.4) is 0 Å². The van der Waals surface area contributed by atoms with Gasteiger partial charge in [0.15, 0.2) is 0 Å². The maximum Gasteiger partial charge on any atom is 0.211 e. The van der Waals surface area contributed by atoms with Crippen LogP contribution in [0, 0.1) is 5.92 Å². The number of fused-ring (bicyclic) bond motifs is 1. The summed E-state index contributed by atoms with van der Waals surface area (Å²) in [4.78, 5) is 3.20. The molecular weight excluding hydrogens is 272 g/mol. The monoisotopic (exact) mass is 294 g/mol. The summed E-state index contributed by atoms with van der Waals surface area (Å²) in [5.41, 5.74) is 2.23. The fraction of sp³-hybridized carbons (Fsp3) is 0.467. The van der Waals surface area contributed by atoms with Crippen LogP contribution < -0.4 is 4.72 Å². The molecule has 0 aliphatic rings. The molecule has 1 aromatic carbocycles. The smallest absolute Gasteiger partial charge is 0.211 e. The minimum atomic E-state index is -3.14. The standard InChI is InChI=1S/C15H22N2O2S/c1-12(2)8-10-20(18,19)17-9-7-13-11-16-15-6-4-3-5-14(13)15/h3-6,11-12,16-17H,7-10H2,1-2H3. The van der Waals surface area contributed by atoms with Gasteiger partial charge in [-0.2, -0.15) is 0 Å². The molecule has 1 heterocycles. The Morgan fingerprint density at radius 2 is 2.00 bits per heavy atom. The maximum atomic E-state index is 11.8. The van der Waals surface area contributed by atoms with Crippen LogP contribution >= 0.6 is 0 Å². The van der Waals surface area contributed by atoms with Gasteiger partial charge >= 0.3 is 0 Å². The fourth-order valence-corrected chi connectivity index (χ4v) is 3.48. The van der Waals surface area contributed by atoms with Crippen LogP contribution in [0.1, 0.15) is 25.8 Å². The number of benzene rings is 1. The van der Waals surface area contributed by atoms with Crippen LogP contribution in [0.4, 0.5) is 0 Å². The van der Waals surface area contributed by atoms with Gasteiger partial charge in [0, 0.05) is 23.6 Å². The molecule has 0 atom stereocenters. The lowest BCUT2D eigenvalue weighted by molar-refractivity contribution is 0.562. The normalized spacial score (nSPS) is 12.3. The molecule has 0 bridgehead atoms. The van der Waals surface area contributed by atoms with Crippen LogP contribution in [0.5, 0.6) is 0 Å². The number of H-pyrrole nitrogens is 1. The summed E-state index contributed by atoms with van der Waals surface area (Å²) in [5, 5.41) is 1.16. The quantitative estimate of drug-likeness (QED) is 0.824. The molecule has 0 unspecified atom stereocenters. The van der Waals surface area contributed by atoms with Crippen molar-refractivity contribution in [1.29, 1.82) is 0 Å². The van der Waals surface area contributed by atoms with E-state index in [1.165, 1.54) is 0 Å². The third-order valence-corrected chi connectivity index (χ3v) is 4.77. The molecule has 0 radical (unpaired) electrons. The highest BCUT2D eigenvalue weighted by Crippen LogP contribution is 2.17. The van der Waals surface area contributed by atoms with Crippen molar-refractivity contribution in [2.24, 2.45) is 5.92 Å². The highest BCUT2D eigenvalue weighted by molar-refractivity contribution is 7.89. The topological polar surface area (TPSA) is 62.0 Å². The number of sulfonamides is 1. The first kappa shape index (κ1) is 15.1. The van der Waals surface area contributed by atoms with E-state index in [2.05, 4.69) is 15.8 Å². The van der Waals surface area contributed by atoms with Crippen LogP contribution in [-0.2, 0) is 16.4 Å². The van der Waals surface area contributed by atoms with Crippen molar-refractivity contribution in [1.82, 2.24) is 9.71 Å². The summed E-state index contributed by atoms with van der Waals surface area (Å²) in [6.45, 7) is 4.51. The molecule has 110 valence electrons. The van der Waals surface area contributed by atoms with Crippen molar-refractivity contribution in [2.75, 3.05) is 12.3 Å². The van der Waals surface area contributed by atoms with Crippen molar-refractivity contribution in [2.45, 2.75) is 26.7 Å². The largest absolute Gasteiger partial charge is 0.361 e. The zero-order valence-electron chi connectivity index (χ0n) is 12.0. The van der Waals surface area contributed by atoms with Gasteiger partial charge in [-0.3, -0.25) is 0 Å². The summed E-state index contributed by atoms with van der Waals surface area (Å²) in [5.74, 6) is 0.610. The lowest BCUT2D eigenvalue weighted by Crippen LogP contribution is -2.28. The van der Waals surface area contributed by atoms with E-state index in [0.717, 1.165) is 16.5 Å². The van der Waals surface area contributed by atoms with E-state index in [4.69, 9.17) is 0 Å². The Labute approximate surface area is 120 Å². The average molecular weight is 294 g/mol. The number of hydrogen-bond acceptors (Lipinski definition) is 2. The average Bonchev–Trinajstić information content (AvgIpc) is 2.80. The van der Waals surface area contributed by atoms with Crippen molar-refractivity contribution in [3.05, 3.63) is 36.0 Å². The van der Waals surface area contributed by atoms with E-state index >= 15 is 0 Å². The minimum absolute atomic E-state index is 0.207. The van der Waals surface area contributed by atoms with Gasteiger partial charge in [0.05, 0.1) is 5.75 Å². The summed E-state index contributed by atoms with van der Waals surface area (Å²) in [6, 6.07) is 8.05. The molecule has 5 heteroatoms. The summed E-state index contributed by atoms with van der Waals surface area (Å²) in [7, 11) is -3.14. The van der Waals surface area contributed by atoms with Crippen LogP contribution in [0.2, 0.25) is 0 Å². The second kappa shape index (κ2) is 6.41. The second-order valence-corrected chi connectivity index (χ2v) is 7.43. The SMILES string of the molecule is CC(C)CCS(=O)(=O)NCCc1c[nH]c2ccccc12. The summed E-state index contributed by atoms with van der Waals surface area (Å²) < 4.78 is 26.3. The van der Waals surface area contributed by atoms with E-state index in [0.29, 0.717) is 25.3 Å². The third kappa shape index (κ3) is 4.08. The van der Waals surface area contributed by atoms with Gasteiger partial charge in [-0.25, -0.2) is 13.1 Å². The predicted octanol–water partition coefficient (Wildman–Crippen LogP) is 2.68.